The van der Waals surface area contributed by atoms with Gasteiger partial charge in [0.05, 0.1) is 39.6 Å². The zero-order valence-corrected chi connectivity index (χ0v) is 19.3. The maximum atomic E-state index is 12.6. The summed E-state index contributed by atoms with van der Waals surface area (Å²) in [5.41, 5.74) is 1.39. The number of hydrogen-bond acceptors (Lipinski definition) is 7. The van der Waals surface area contributed by atoms with E-state index in [1.807, 2.05) is 0 Å². The molecule has 0 saturated carbocycles. The average Bonchev–Trinajstić information content (AvgIpc) is 2.87. The highest BCUT2D eigenvalue weighted by Crippen LogP contribution is 2.35. The van der Waals surface area contributed by atoms with E-state index in [-0.39, 0.29) is 5.75 Å². The normalized spacial score (nSPS) is 10.5. The van der Waals surface area contributed by atoms with Gasteiger partial charge in [0, 0.05) is 30.0 Å². The number of ether oxygens (including phenoxy) is 5. The first-order chi connectivity index (χ1) is 16.5. The summed E-state index contributed by atoms with van der Waals surface area (Å²) >= 11 is 0. The maximum Gasteiger partial charge on any atom is 0.343 e. The minimum Gasteiger partial charge on any atom is -0.496 e. The Morgan fingerprint density at radius 2 is 1.38 bits per heavy atom. The summed E-state index contributed by atoms with van der Waals surface area (Å²) in [5.74, 6) is 1.11. The fourth-order valence-corrected chi connectivity index (χ4v) is 3.11. The number of anilines is 1. The van der Waals surface area contributed by atoms with E-state index < -0.39 is 11.9 Å². The van der Waals surface area contributed by atoms with Crippen LogP contribution in [0, 0.1) is 0 Å². The molecule has 0 heterocycles. The molecule has 0 bridgehead atoms. The van der Waals surface area contributed by atoms with Crippen LogP contribution in [0.4, 0.5) is 5.69 Å². The van der Waals surface area contributed by atoms with Crippen molar-refractivity contribution in [3.05, 3.63) is 77.9 Å². The molecule has 8 heteroatoms. The Bertz CT molecular complexity index is 1160. The third-order valence-electron chi connectivity index (χ3n) is 4.80. The lowest BCUT2D eigenvalue weighted by Crippen LogP contribution is -2.11. The molecular formula is C26H25NO7. The van der Waals surface area contributed by atoms with E-state index in [1.54, 1.807) is 60.7 Å². The van der Waals surface area contributed by atoms with E-state index >= 15 is 0 Å². The summed E-state index contributed by atoms with van der Waals surface area (Å²) in [6, 6.07) is 16.7. The molecule has 0 aromatic heterocycles. The van der Waals surface area contributed by atoms with Gasteiger partial charge in [-0.2, -0.15) is 0 Å². The second-order valence-corrected chi connectivity index (χ2v) is 6.89. The monoisotopic (exact) mass is 463 g/mol. The highest BCUT2D eigenvalue weighted by Gasteiger charge is 2.14. The van der Waals surface area contributed by atoms with Crippen molar-refractivity contribution in [2.24, 2.45) is 0 Å². The summed E-state index contributed by atoms with van der Waals surface area (Å²) in [7, 11) is 6.03. The minimum absolute atomic E-state index is 0.177. The van der Waals surface area contributed by atoms with Gasteiger partial charge in [0.25, 0.3) is 0 Å². The molecule has 0 aliphatic rings. The van der Waals surface area contributed by atoms with E-state index in [0.29, 0.717) is 39.8 Å². The zero-order valence-electron chi connectivity index (χ0n) is 19.3. The lowest BCUT2D eigenvalue weighted by molar-refractivity contribution is -0.111. The molecular weight excluding hydrogens is 438 g/mol. The Morgan fingerprint density at radius 3 is 1.97 bits per heavy atom. The predicted octanol–water partition coefficient (Wildman–Crippen LogP) is 4.59. The highest BCUT2D eigenvalue weighted by atomic mass is 16.6. The quantitative estimate of drug-likeness (QED) is 0.282. The van der Waals surface area contributed by atoms with Crippen molar-refractivity contribution in [3.63, 3.8) is 0 Å². The smallest absolute Gasteiger partial charge is 0.343 e. The first-order valence-electron chi connectivity index (χ1n) is 10.2. The summed E-state index contributed by atoms with van der Waals surface area (Å²) in [4.78, 5) is 25.0. The molecule has 0 radical (unpaired) electrons. The summed E-state index contributed by atoms with van der Waals surface area (Å²) in [6.07, 6.45) is 2.92. The van der Waals surface area contributed by atoms with Crippen molar-refractivity contribution in [1.82, 2.24) is 0 Å². The van der Waals surface area contributed by atoms with Gasteiger partial charge < -0.3 is 29.0 Å². The van der Waals surface area contributed by atoms with Crippen LogP contribution in [-0.2, 0) is 4.79 Å². The fraction of sp³-hybridized carbons (Fsp3) is 0.154. The van der Waals surface area contributed by atoms with Crippen molar-refractivity contribution in [2.45, 2.75) is 0 Å². The molecule has 0 aliphatic heterocycles. The van der Waals surface area contributed by atoms with Crippen molar-refractivity contribution < 1.29 is 33.3 Å². The zero-order chi connectivity index (χ0) is 24.5. The Balaban J connectivity index is 1.78. The summed E-state index contributed by atoms with van der Waals surface area (Å²) in [5, 5.41) is 2.74. The number of rotatable bonds is 9. The molecule has 3 rings (SSSR count). The first kappa shape index (κ1) is 24.2. The first-order valence-corrected chi connectivity index (χ1v) is 10.2. The van der Waals surface area contributed by atoms with Crippen LogP contribution in [0.25, 0.3) is 6.08 Å². The van der Waals surface area contributed by atoms with E-state index in [9.17, 15) is 9.59 Å². The number of hydrogen-bond donors (Lipinski definition) is 1. The van der Waals surface area contributed by atoms with Gasteiger partial charge in [-0.1, -0.05) is 18.2 Å². The molecule has 8 nitrogen and oxygen atoms in total. The maximum absolute atomic E-state index is 12.6. The molecule has 3 aromatic carbocycles. The number of methoxy groups -OCH3 is 4. The molecule has 3 aromatic rings. The van der Waals surface area contributed by atoms with Gasteiger partial charge in [0.1, 0.15) is 17.2 Å². The van der Waals surface area contributed by atoms with Crippen molar-refractivity contribution >= 4 is 23.6 Å². The Kier molecular flexibility index (Phi) is 8.12. The molecule has 0 spiro atoms. The van der Waals surface area contributed by atoms with Crippen LogP contribution >= 0.6 is 0 Å². The predicted molar refractivity (Wildman–Crippen MR) is 128 cm³/mol. The SMILES string of the molecule is COc1cc(OC)c(C=CC(=O)Nc2ccc(OC)c(OC(=O)c3ccccc3)c2)c(OC)c1. The number of esters is 1. The van der Waals surface area contributed by atoms with Gasteiger partial charge in [-0.15, -0.1) is 0 Å². The van der Waals surface area contributed by atoms with E-state index in [0.717, 1.165) is 0 Å². The van der Waals surface area contributed by atoms with Crippen LogP contribution in [0.5, 0.6) is 28.7 Å². The molecule has 176 valence electrons. The minimum atomic E-state index is -0.541. The van der Waals surface area contributed by atoms with Crippen LogP contribution in [-0.4, -0.2) is 40.3 Å². The van der Waals surface area contributed by atoms with E-state index in [1.165, 1.54) is 40.6 Å². The molecule has 0 saturated heterocycles. The lowest BCUT2D eigenvalue weighted by atomic mass is 10.1. The Hall–Kier alpha value is -4.46. The molecule has 1 amide bonds. The Labute approximate surface area is 197 Å². The van der Waals surface area contributed by atoms with Gasteiger partial charge in [-0.3, -0.25) is 4.79 Å². The van der Waals surface area contributed by atoms with Crippen LogP contribution in [0.1, 0.15) is 15.9 Å². The number of amides is 1. The van der Waals surface area contributed by atoms with Gasteiger partial charge in [-0.05, 0) is 30.3 Å². The fourth-order valence-electron chi connectivity index (χ4n) is 3.11. The molecule has 0 fully saturated rings. The topological polar surface area (TPSA) is 92.3 Å². The standard InChI is InChI=1S/C26H25NO7/c1-30-19-15-22(32-3)20(23(16-19)33-4)11-13-25(28)27-18-10-12-21(31-2)24(14-18)34-26(29)17-8-6-5-7-9-17/h5-16H,1-4H3,(H,27,28). The van der Waals surface area contributed by atoms with Gasteiger partial charge in [0.2, 0.25) is 5.91 Å². The molecule has 34 heavy (non-hydrogen) atoms. The molecule has 1 N–H and O–H groups in total. The number of benzene rings is 3. The van der Waals surface area contributed by atoms with Crippen LogP contribution in [0.2, 0.25) is 0 Å². The van der Waals surface area contributed by atoms with Crippen molar-refractivity contribution in [3.8, 4) is 28.7 Å². The van der Waals surface area contributed by atoms with Crippen LogP contribution in [0.3, 0.4) is 0 Å². The van der Waals surface area contributed by atoms with Crippen molar-refractivity contribution in [1.29, 1.82) is 0 Å². The Morgan fingerprint density at radius 1 is 0.735 bits per heavy atom. The largest absolute Gasteiger partial charge is 0.496 e. The molecule has 0 aliphatic carbocycles. The van der Waals surface area contributed by atoms with Crippen LogP contribution in [0.15, 0.2) is 66.7 Å². The number of carbonyl (C=O) groups is 2. The number of nitrogens with one attached hydrogen (secondary N) is 1. The summed E-state index contributed by atoms with van der Waals surface area (Å²) < 4.78 is 26.8. The van der Waals surface area contributed by atoms with Gasteiger partial charge in [0.15, 0.2) is 11.5 Å². The second-order valence-electron chi connectivity index (χ2n) is 6.89. The molecule has 0 unspecified atom stereocenters. The van der Waals surface area contributed by atoms with E-state index in [4.69, 9.17) is 23.7 Å². The van der Waals surface area contributed by atoms with Crippen LogP contribution < -0.4 is 29.0 Å². The lowest BCUT2D eigenvalue weighted by Gasteiger charge is -2.13. The summed E-state index contributed by atoms with van der Waals surface area (Å²) in [6.45, 7) is 0. The molecule has 0 atom stereocenters. The third-order valence-corrected chi connectivity index (χ3v) is 4.80. The number of carbonyl (C=O) groups excluding carboxylic acids is 2. The third kappa shape index (κ3) is 5.86. The second kappa shape index (κ2) is 11.4. The van der Waals surface area contributed by atoms with E-state index in [2.05, 4.69) is 5.32 Å². The van der Waals surface area contributed by atoms with Crippen molar-refractivity contribution in [2.75, 3.05) is 33.8 Å². The van der Waals surface area contributed by atoms with Gasteiger partial charge in [-0.25, -0.2) is 4.79 Å². The average molecular weight is 463 g/mol. The highest BCUT2D eigenvalue weighted by molar-refractivity contribution is 6.02. The van der Waals surface area contributed by atoms with Gasteiger partial charge >= 0.3 is 5.97 Å².